The van der Waals surface area contributed by atoms with E-state index in [1.165, 1.54) is 6.07 Å². The third kappa shape index (κ3) is 3.47. The summed E-state index contributed by atoms with van der Waals surface area (Å²) in [7, 11) is 0. The number of halogens is 1. The maximum atomic E-state index is 13.9. The van der Waals surface area contributed by atoms with Gasteiger partial charge < -0.3 is 14.7 Å². The summed E-state index contributed by atoms with van der Waals surface area (Å²) in [6, 6.07) is 9.78. The Morgan fingerprint density at radius 1 is 1.22 bits per heavy atom. The van der Waals surface area contributed by atoms with Crippen LogP contribution in [0, 0.1) is 5.82 Å². The highest BCUT2D eigenvalue weighted by molar-refractivity contribution is 5.94. The van der Waals surface area contributed by atoms with Crippen molar-refractivity contribution in [1.82, 2.24) is 9.88 Å². The first kappa shape index (κ1) is 18.1. The highest BCUT2D eigenvalue weighted by atomic mass is 19.1. The molecule has 27 heavy (non-hydrogen) atoms. The average Bonchev–Trinajstić information content (AvgIpc) is 2.71. The monoisotopic (exact) mass is 370 g/mol. The van der Waals surface area contributed by atoms with Crippen molar-refractivity contribution in [2.24, 2.45) is 0 Å². The zero-order chi connectivity index (χ0) is 18.9. The molecule has 0 saturated carbocycles. The molecule has 2 aliphatic heterocycles. The second kappa shape index (κ2) is 7.37. The average molecular weight is 370 g/mol. The lowest BCUT2D eigenvalue weighted by atomic mass is 9.82. The number of carbonyl (C=O) groups excluding carboxylic acids is 1. The maximum absolute atomic E-state index is 13.9. The standard InChI is InChI=1S/C21H23FN2O3/c22-17-3-1-11-23-19(17)15-5-7-16(8-6-15)20(26)24-12-9-21(10-13-24)18(25)4-2-14-27-21/h1,3,5-8,11,18,25H,2,4,9-10,12-14H2/t18-/m1/s1. The number of aromatic nitrogens is 1. The van der Waals surface area contributed by atoms with Gasteiger partial charge in [0, 0.05) is 37.0 Å². The molecule has 0 unspecified atom stereocenters. The molecule has 2 saturated heterocycles. The summed E-state index contributed by atoms with van der Waals surface area (Å²) < 4.78 is 19.8. The summed E-state index contributed by atoms with van der Waals surface area (Å²) in [6.07, 6.45) is 4.04. The first-order valence-electron chi connectivity index (χ1n) is 9.41. The van der Waals surface area contributed by atoms with Crippen LogP contribution in [0.5, 0.6) is 0 Å². The second-order valence-corrected chi connectivity index (χ2v) is 7.27. The summed E-state index contributed by atoms with van der Waals surface area (Å²) in [4.78, 5) is 18.7. The summed E-state index contributed by atoms with van der Waals surface area (Å²) in [6.45, 7) is 1.80. The van der Waals surface area contributed by atoms with Crippen LogP contribution < -0.4 is 0 Å². The zero-order valence-corrected chi connectivity index (χ0v) is 15.1. The minimum Gasteiger partial charge on any atom is -0.390 e. The van der Waals surface area contributed by atoms with E-state index in [9.17, 15) is 14.3 Å². The van der Waals surface area contributed by atoms with Gasteiger partial charge in [0.2, 0.25) is 0 Å². The summed E-state index contributed by atoms with van der Waals surface area (Å²) in [5, 5.41) is 10.3. The van der Waals surface area contributed by atoms with E-state index in [-0.39, 0.29) is 17.4 Å². The number of benzene rings is 1. The van der Waals surface area contributed by atoms with Crippen molar-refractivity contribution in [3.63, 3.8) is 0 Å². The van der Waals surface area contributed by atoms with Crippen LogP contribution in [0.2, 0.25) is 0 Å². The van der Waals surface area contributed by atoms with Crippen LogP contribution in [-0.2, 0) is 4.74 Å². The summed E-state index contributed by atoms with van der Waals surface area (Å²) in [5.41, 5.74) is 0.993. The smallest absolute Gasteiger partial charge is 0.253 e. The molecule has 0 radical (unpaired) electrons. The van der Waals surface area contributed by atoms with Crippen LogP contribution >= 0.6 is 0 Å². The van der Waals surface area contributed by atoms with E-state index < -0.39 is 11.7 Å². The second-order valence-electron chi connectivity index (χ2n) is 7.27. The predicted octanol–water partition coefficient (Wildman–Crippen LogP) is 3.03. The van der Waals surface area contributed by atoms with Crippen molar-refractivity contribution in [3.05, 3.63) is 54.0 Å². The van der Waals surface area contributed by atoms with E-state index in [1.54, 1.807) is 41.4 Å². The van der Waals surface area contributed by atoms with E-state index in [4.69, 9.17) is 4.74 Å². The number of aliphatic hydroxyl groups is 1. The third-order valence-electron chi connectivity index (χ3n) is 5.68. The van der Waals surface area contributed by atoms with Gasteiger partial charge in [-0.3, -0.25) is 9.78 Å². The molecule has 1 N–H and O–H groups in total. The Kier molecular flexibility index (Phi) is 4.93. The van der Waals surface area contributed by atoms with Crippen LogP contribution in [0.3, 0.4) is 0 Å². The minimum absolute atomic E-state index is 0.0526. The van der Waals surface area contributed by atoms with Crippen LogP contribution in [0.4, 0.5) is 4.39 Å². The van der Waals surface area contributed by atoms with Gasteiger partial charge in [-0.2, -0.15) is 0 Å². The molecule has 5 nitrogen and oxygen atoms in total. The Morgan fingerprint density at radius 3 is 2.63 bits per heavy atom. The molecular formula is C21H23FN2O3. The fraction of sp³-hybridized carbons (Fsp3) is 0.429. The van der Waals surface area contributed by atoms with Gasteiger partial charge in [0.1, 0.15) is 11.5 Å². The predicted molar refractivity (Wildman–Crippen MR) is 98.7 cm³/mol. The fourth-order valence-corrected chi connectivity index (χ4v) is 4.03. The van der Waals surface area contributed by atoms with Gasteiger partial charge in [0.25, 0.3) is 5.91 Å². The molecule has 1 amide bonds. The number of pyridine rings is 1. The molecule has 142 valence electrons. The molecule has 0 aliphatic carbocycles. The number of hydrogen-bond donors (Lipinski definition) is 1. The van der Waals surface area contributed by atoms with Gasteiger partial charge in [-0.15, -0.1) is 0 Å². The molecule has 1 atom stereocenters. The van der Waals surface area contributed by atoms with Gasteiger partial charge in [0.15, 0.2) is 0 Å². The van der Waals surface area contributed by atoms with Crippen LogP contribution in [0.1, 0.15) is 36.0 Å². The number of likely N-dealkylation sites (tertiary alicyclic amines) is 1. The zero-order valence-electron chi connectivity index (χ0n) is 15.1. The number of amides is 1. The molecule has 0 bridgehead atoms. The highest BCUT2D eigenvalue weighted by Gasteiger charge is 2.44. The number of piperidine rings is 1. The lowest BCUT2D eigenvalue weighted by molar-refractivity contribution is -0.174. The first-order valence-corrected chi connectivity index (χ1v) is 9.41. The third-order valence-corrected chi connectivity index (χ3v) is 5.68. The van der Waals surface area contributed by atoms with E-state index in [0.717, 1.165) is 12.8 Å². The SMILES string of the molecule is O=C(c1ccc(-c2ncccc2F)cc1)N1CCC2(CC1)OCCC[C@H]2O. The number of nitrogens with zero attached hydrogens (tertiary/aromatic N) is 2. The Bertz CT molecular complexity index is 816. The Hall–Kier alpha value is -2.31. The number of hydrogen-bond acceptors (Lipinski definition) is 4. The van der Waals surface area contributed by atoms with Gasteiger partial charge >= 0.3 is 0 Å². The lowest BCUT2D eigenvalue weighted by Gasteiger charge is -2.46. The van der Waals surface area contributed by atoms with Crippen molar-refractivity contribution in [3.8, 4) is 11.3 Å². The molecule has 2 fully saturated rings. The van der Waals surface area contributed by atoms with Gasteiger partial charge in [-0.25, -0.2) is 4.39 Å². The Labute approximate surface area is 157 Å². The van der Waals surface area contributed by atoms with Crippen molar-refractivity contribution in [1.29, 1.82) is 0 Å². The molecule has 2 aliphatic rings. The molecule has 4 rings (SSSR count). The van der Waals surface area contributed by atoms with Crippen molar-refractivity contribution in [2.75, 3.05) is 19.7 Å². The number of rotatable bonds is 2. The van der Waals surface area contributed by atoms with Crippen LogP contribution in [0.25, 0.3) is 11.3 Å². The van der Waals surface area contributed by atoms with Gasteiger partial charge in [-0.05, 0) is 49.9 Å². The number of ether oxygens (including phenoxy) is 1. The molecular weight excluding hydrogens is 347 g/mol. The molecule has 1 aromatic carbocycles. The largest absolute Gasteiger partial charge is 0.390 e. The van der Waals surface area contributed by atoms with Gasteiger partial charge in [0.05, 0.1) is 11.7 Å². The van der Waals surface area contributed by atoms with Gasteiger partial charge in [-0.1, -0.05) is 12.1 Å². The van der Waals surface area contributed by atoms with Crippen molar-refractivity contribution < 1.29 is 19.0 Å². The highest BCUT2D eigenvalue weighted by Crippen LogP contribution is 2.35. The topological polar surface area (TPSA) is 62.7 Å². The lowest BCUT2D eigenvalue weighted by Crippen LogP contribution is -2.56. The number of carbonyl (C=O) groups is 1. The number of aliphatic hydroxyl groups excluding tert-OH is 1. The van der Waals surface area contributed by atoms with Crippen molar-refractivity contribution >= 4 is 5.91 Å². The molecule has 2 aromatic rings. The quantitative estimate of drug-likeness (QED) is 0.883. The minimum atomic E-state index is -0.491. The van der Waals surface area contributed by atoms with E-state index >= 15 is 0 Å². The fourth-order valence-electron chi connectivity index (χ4n) is 4.03. The Balaban J connectivity index is 1.44. The van der Waals surface area contributed by atoms with E-state index in [2.05, 4.69) is 4.98 Å². The molecule has 3 heterocycles. The molecule has 6 heteroatoms. The van der Waals surface area contributed by atoms with Crippen LogP contribution in [0.15, 0.2) is 42.6 Å². The Morgan fingerprint density at radius 2 is 1.96 bits per heavy atom. The molecule has 1 spiro atoms. The van der Waals surface area contributed by atoms with Crippen LogP contribution in [-0.4, -0.2) is 52.3 Å². The molecule has 1 aromatic heterocycles. The van der Waals surface area contributed by atoms with Crippen molar-refractivity contribution in [2.45, 2.75) is 37.4 Å². The normalized spacial score (nSPS) is 22.0. The van der Waals surface area contributed by atoms with E-state index in [1.807, 2.05) is 0 Å². The van der Waals surface area contributed by atoms with E-state index in [0.29, 0.717) is 43.7 Å². The first-order chi connectivity index (χ1) is 13.1. The summed E-state index contributed by atoms with van der Waals surface area (Å²) >= 11 is 0. The summed E-state index contributed by atoms with van der Waals surface area (Å²) in [5.74, 6) is -0.438. The maximum Gasteiger partial charge on any atom is 0.253 e.